The van der Waals surface area contributed by atoms with Gasteiger partial charge < -0.3 is 14.4 Å². The quantitative estimate of drug-likeness (QED) is 0.820. The number of amides is 1. The van der Waals surface area contributed by atoms with Gasteiger partial charge in [-0.05, 0) is 13.8 Å². The summed E-state index contributed by atoms with van der Waals surface area (Å²) in [5.74, 6) is -0.663. The average Bonchev–Trinajstić information content (AvgIpc) is 3.12. The number of rotatable bonds is 2. The second-order valence-corrected chi connectivity index (χ2v) is 6.34. The fraction of sp³-hybridized carbons (Fsp3) is 0.733. The summed E-state index contributed by atoms with van der Waals surface area (Å²) in [6, 6.07) is 0. The number of carbonyl (C=O) groups is 1. The van der Waals surface area contributed by atoms with Crippen LogP contribution in [0.15, 0.2) is 6.20 Å². The second kappa shape index (κ2) is 6.03. The Morgan fingerprint density at radius 3 is 2.83 bits per heavy atom. The maximum atomic E-state index is 13.2. The van der Waals surface area contributed by atoms with Crippen molar-refractivity contribution < 1.29 is 27.4 Å². The highest BCUT2D eigenvalue weighted by atomic mass is 19.4. The lowest BCUT2D eigenvalue weighted by Gasteiger charge is -2.42. The number of aromatic nitrogens is 2. The van der Waals surface area contributed by atoms with Crippen molar-refractivity contribution in [3.05, 3.63) is 17.5 Å². The normalized spacial score (nSPS) is 27.9. The van der Waals surface area contributed by atoms with Gasteiger partial charge in [0.2, 0.25) is 0 Å². The van der Waals surface area contributed by atoms with Crippen molar-refractivity contribution >= 4 is 5.91 Å². The van der Waals surface area contributed by atoms with Crippen LogP contribution in [-0.2, 0) is 22.2 Å². The van der Waals surface area contributed by atoms with Crippen molar-refractivity contribution in [2.75, 3.05) is 26.3 Å². The summed E-state index contributed by atoms with van der Waals surface area (Å²) in [5.41, 5.74) is -2.16. The molecule has 0 bridgehead atoms. The van der Waals surface area contributed by atoms with E-state index >= 15 is 0 Å². The lowest BCUT2D eigenvalue weighted by molar-refractivity contribution is -0.143. The van der Waals surface area contributed by atoms with Crippen molar-refractivity contribution in [3.63, 3.8) is 0 Å². The molecule has 9 heteroatoms. The van der Waals surface area contributed by atoms with E-state index in [2.05, 4.69) is 5.10 Å². The summed E-state index contributed by atoms with van der Waals surface area (Å²) in [6.07, 6.45) is -3.14. The number of ether oxygens (including phenoxy) is 2. The lowest BCUT2D eigenvalue weighted by Crippen LogP contribution is -2.57. The molecule has 6 nitrogen and oxygen atoms in total. The molecule has 0 saturated carbocycles. The van der Waals surface area contributed by atoms with Crippen LogP contribution in [0.2, 0.25) is 0 Å². The molecular weight excluding hydrogens is 327 g/mol. The molecule has 1 amide bonds. The van der Waals surface area contributed by atoms with Gasteiger partial charge in [-0.25, -0.2) is 0 Å². The third-order valence-electron chi connectivity index (χ3n) is 4.35. The van der Waals surface area contributed by atoms with Crippen LogP contribution in [0.25, 0.3) is 0 Å². The van der Waals surface area contributed by atoms with Crippen LogP contribution in [0.5, 0.6) is 0 Å². The Morgan fingerprint density at radius 1 is 1.50 bits per heavy atom. The first kappa shape index (κ1) is 17.2. The first-order valence-corrected chi connectivity index (χ1v) is 7.93. The van der Waals surface area contributed by atoms with E-state index in [-0.39, 0.29) is 25.7 Å². The molecule has 2 aliphatic rings. The molecule has 1 spiro atoms. The Bertz CT molecular complexity index is 623. The Labute approximate surface area is 137 Å². The Hall–Kier alpha value is -1.61. The SMILES string of the molecule is CCn1cc(C(=O)N2C[C@H](C)O[C@]3(CCOC3)C2)c(C(F)(F)F)n1. The van der Waals surface area contributed by atoms with Crippen LogP contribution in [-0.4, -0.2) is 58.6 Å². The predicted octanol–water partition coefficient (Wildman–Crippen LogP) is 1.94. The van der Waals surface area contributed by atoms with Gasteiger partial charge >= 0.3 is 6.18 Å². The number of halogens is 3. The Balaban J connectivity index is 1.89. The zero-order chi connectivity index (χ0) is 17.5. The number of nitrogens with zero attached hydrogens (tertiary/aromatic N) is 3. The summed E-state index contributed by atoms with van der Waals surface area (Å²) >= 11 is 0. The molecule has 134 valence electrons. The molecule has 2 fully saturated rings. The lowest BCUT2D eigenvalue weighted by atomic mass is 9.98. The van der Waals surface area contributed by atoms with Gasteiger partial charge in [-0.1, -0.05) is 0 Å². The highest BCUT2D eigenvalue weighted by molar-refractivity contribution is 5.95. The fourth-order valence-electron chi connectivity index (χ4n) is 3.30. The van der Waals surface area contributed by atoms with Gasteiger partial charge in [-0.2, -0.15) is 18.3 Å². The molecule has 3 rings (SSSR count). The van der Waals surface area contributed by atoms with E-state index in [4.69, 9.17) is 9.47 Å². The van der Waals surface area contributed by atoms with Crippen molar-refractivity contribution in [2.45, 2.75) is 44.7 Å². The second-order valence-electron chi connectivity index (χ2n) is 6.34. The molecule has 1 aromatic rings. The summed E-state index contributed by atoms with van der Waals surface area (Å²) in [4.78, 5) is 14.2. The van der Waals surface area contributed by atoms with Gasteiger partial charge in [0.25, 0.3) is 5.91 Å². The molecule has 0 N–H and O–H groups in total. The molecular formula is C15H20F3N3O3. The van der Waals surface area contributed by atoms with Gasteiger partial charge in [0, 0.05) is 32.3 Å². The van der Waals surface area contributed by atoms with Gasteiger partial charge in [-0.15, -0.1) is 0 Å². The molecule has 0 radical (unpaired) electrons. The van der Waals surface area contributed by atoms with E-state index in [0.717, 1.165) is 4.68 Å². The zero-order valence-corrected chi connectivity index (χ0v) is 13.6. The van der Waals surface area contributed by atoms with Crippen LogP contribution >= 0.6 is 0 Å². The van der Waals surface area contributed by atoms with E-state index in [1.165, 1.54) is 11.1 Å². The van der Waals surface area contributed by atoms with E-state index in [9.17, 15) is 18.0 Å². The van der Waals surface area contributed by atoms with Gasteiger partial charge in [-0.3, -0.25) is 9.48 Å². The van der Waals surface area contributed by atoms with Gasteiger partial charge in [0.1, 0.15) is 5.60 Å². The summed E-state index contributed by atoms with van der Waals surface area (Å²) in [6.45, 7) is 5.08. The maximum Gasteiger partial charge on any atom is 0.435 e. The predicted molar refractivity (Wildman–Crippen MR) is 77.5 cm³/mol. The van der Waals surface area contributed by atoms with Crippen LogP contribution < -0.4 is 0 Å². The number of carbonyl (C=O) groups excluding carboxylic acids is 1. The van der Waals surface area contributed by atoms with E-state index < -0.39 is 28.9 Å². The average molecular weight is 347 g/mol. The third kappa shape index (κ3) is 3.14. The number of hydrogen-bond acceptors (Lipinski definition) is 4. The number of morpholine rings is 1. The molecule has 0 aliphatic carbocycles. The van der Waals surface area contributed by atoms with Gasteiger partial charge in [0.05, 0.1) is 24.8 Å². The van der Waals surface area contributed by atoms with Crippen molar-refractivity contribution in [2.24, 2.45) is 0 Å². The third-order valence-corrected chi connectivity index (χ3v) is 4.35. The topological polar surface area (TPSA) is 56.6 Å². The molecule has 0 aromatic carbocycles. The molecule has 2 aliphatic heterocycles. The molecule has 3 heterocycles. The zero-order valence-electron chi connectivity index (χ0n) is 13.6. The van der Waals surface area contributed by atoms with E-state index in [1.54, 1.807) is 13.8 Å². The minimum Gasteiger partial charge on any atom is -0.378 e. The Morgan fingerprint density at radius 2 is 2.25 bits per heavy atom. The highest BCUT2D eigenvalue weighted by Gasteiger charge is 2.46. The Kier molecular flexibility index (Phi) is 4.33. The molecule has 2 atom stereocenters. The highest BCUT2D eigenvalue weighted by Crippen LogP contribution is 2.34. The monoisotopic (exact) mass is 347 g/mol. The molecule has 24 heavy (non-hydrogen) atoms. The van der Waals surface area contributed by atoms with Crippen LogP contribution in [0.1, 0.15) is 36.3 Å². The molecule has 2 saturated heterocycles. The number of hydrogen-bond donors (Lipinski definition) is 0. The summed E-state index contributed by atoms with van der Waals surface area (Å²) in [7, 11) is 0. The smallest absolute Gasteiger partial charge is 0.378 e. The standard InChI is InChI=1S/C15H20F3N3O3/c1-3-21-7-11(12(19-21)15(16,17)18)13(22)20-6-10(2)24-14(8-20)4-5-23-9-14/h7,10H,3-6,8-9H2,1-2H3/t10-,14+/m0/s1. The van der Waals surface area contributed by atoms with Crippen molar-refractivity contribution in [1.29, 1.82) is 0 Å². The number of aryl methyl sites for hydroxylation is 1. The van der Waals surface area contributed by atoms with Crippen molar-refractivity contribution in [3.8, 4) is 0 Å². The van der Waals surface area contributed by atoms with Crippen LogP contribution in [0.3, 0.4) is 0 Å². The summed E-state index contributed by atoms with van der Waals surface area (Å²) < 4.78 is 52.0. The van der Waals surface area contributed by atoms with Crippen LogP contribution in [0.4, 0.5) is 13.2 Å². The first-order chi connectivity index (χ1) is 11.2. The fourth-order valence-corrected chi connectivity index (χ4v) is 3.30. The number of alkyl halides is 3. The minimum absolute atomic E-state index is 0.227. The first-order valence-electron chi connectivity index (χ1n) is 7.93. The van der Waals surface area contributed by atoms with Crippen molar-refractivity contribution in [1.82, 2.24) is 14.7 Å². The largest absolute Gasteiger partial charge is 0.435 e. The maximum absolute atomic E-state index is 13.2. The molecule has 1 aromatic heterocycles. The van der Waals surface area contributed by atoms with E-state index in [0.29, 0.717) is 19.6 Å². The van der Waals surface area contributed by atoms with Crippen LogP contribution in [0, 0.1) is 0 Å². The minimum atomic E-state index is -4.67. The van der Waals surface area contributed by atoms with Gasteiger partial charge in [0.15, 0.2) is 5.69 Å². The van der Waals surface area contributed by atoms with E-state index in [1.807, 2.05) is 0 Å². The molecule has 0 unspecified atom stereocenters. The summed E-state index contributed by atoms with van der Waals surface area (Å²) in [5, 5.41) is 3.51.